The van der Waals surface area contributed by atoms with Gasteiger partial charge in [0.1, 0.15) is 0 Å². The quantitative estimate of drug-likeness (QED) is 0.941. The van der Waals surface area contributed by atoms with Crippen molar-refractivity contribution in [1.82, 2.24) is 4.98 Å². The molecule has 0 aliphatic rings. The molecule has 6 heteroatoms. The Bertz CT molecular complexity index is 632. The number of nitrogens with zero attached hydrogens (tertiary/aromatic N) is 1. The number of ether oxygens (including phenoxy) is 2. The largest absolute Gasteiger partial charge is 0.493 e. The number of nitrogens with one attached hydrogen (secondary N) is 1. The molecule has 0 radical (unpaired) electrons. The molecule has 0 unspecified atom stereocenters. The van der Waals surface area contributed by atoms with Gasteiger partial charge in [0.2, 0.25) is 0 Å². The average molecular weight is 293 g/mol. The van der Waals surface area contributed by atoms with Crippen LogP contribution in [0.1, 0.15) is 10.4 Å². The molecule has 0 aliphatic carbocycles. The summed E-state index contributed by atoms with van der Waals surface area (Å²) in [6.07, 6.45) is 1.55. The molecule has 1 amide bonds. The standard InChI is InChI=1S/C14H13ClN2O3/c1-19-11-6-5-9(8-12(11)20-2)14(18)17-13-10(15)4-3-7-16-13/h3-8H,1-2H3,(H,16,17,18). The van der Waals surface area contributed by atoms with Crippen molar-refractivity contribution >= 4 is 23.3 Å². The lowest BCUT2D eigenvalue weighted by Gasteiger charge is -2.10. The minimum atomic E-state index is -0.327. The van der Waals surface area contributed by atoms with Gasteiger partial charge in [-0.1, -0.05) is 11.6 Å². The first-order valence-corrected chi connectivity index (χ1v) is 6.17. The molecule has 0 saturated carbocycles. The Morgan fingerprint density at radius 3 is 2.60 bits per heavy atom. The topological polar surface area (TPSA) is 60.5 Å². The SMILES string of the molecule is COc1ccc(C(=O)Nc2ncccc2Cl)cc1OC. The number of methoxy groups -OCH3 is 2. The monoisotopic (exact) mass is 292 g/mol. The molecule has 0 aliphatic heterocycles. The van der Waals surface area contributed by atoms with Gasteiger partial charge in [0.15, 0.2) is 17.3 Å². The summed E-state index contributed by atoms with van der Waals surface area (Å²) < 4.78 is 10.3. The van der Waals surface area contributed by atoms with Gasteiger partial charge in [0, 0.05) is 11.8 Å². The summed E-state index contributed by atoms with van der Waals surface area (Å²) in [5.74, 6) is 1.02. The molecule has 5 nitrogen and oxygen atoms in total. The van der Waals surface area contributed by atoms with Crippen LogP contribution in [0.3, 0.4) is 0 Å². The lowest BCUT2D eigenvalue weighted by Crippen LogP contribution is -2.13. The normalized spacial score (nSPS) is 9.95. The molecule has 1 aromatic carbocycles. The summed E-state index contributed by atoms with van der Waals surface area (Å²) in [5, 5.41) is 3.01. The number of anilines is 1. The number of halogens is 1. The third-order valence-electron chi connectivity index (χ3n) is 2.64. The molecule has 0 spiro atoms. The molecule has 2 rings (SSSR count). The van der Waals surface area contributed by atoms with Crippen molar-refractivity contribution in [3.05, 3.63) is 47.1 Å². The van der Waals surface area contributed by atoms with Crippen molar-refractivity contribution in [3.8, 4) is 11.5 Å². The van der Waals surface area contributed by atoms with Crippen LogP contribution in [-0.4, -0.2) is 25.1 Å². The Morgan fingerprint density at radius 1 is 1.20 bits per heavy atom. The lowest BCUT2D eigenvalue weighted by molar-refractivity contribution is 0.102. The Balaban J connectivity index is 2.24. The Kier molecular flexibility index (Phi) is 4.42. The predicted octanol–water partition coefficient (Wildman–Crippen LogP) is 3.00. The second-order valence-electron chi connectivity index (χ2n) is 3.86. The summed E-state index contributed by atoms with van der Waals surface area (Å²) in [7, 11) is 3.04. The van der Waals surface area contributed by atoms with Crippen LogP contribution in [0.4, 0.5) is 5.82 Å². The molecular weight excluding hydrogens is 280 g/mol. The van der Waals surface area contributed by atoms with Gasteiger partial charge in [-0.2, -0.15) is 0 Å². The summed E-state index contributed by atoms with van der Waals surface area (Å²) in [6.45, 7) is 0. The van der Waals surface area contributed by atoms with Crippen molar-refractivity contribution in [2.24, 2.45) is 0 Å². The van der Waals surface area contributed by atoms with Gasteiger partial charge in [-0.3, -0.25) is 4.79 Å². The van der Waals surface area contributed by atoms with Gasteiger partial charge in [-0.25, -0.2) is 4.98 Å². The van der Waals surface area contributed by atoms with Gasteiger partial charge >= 0.3 is 0 Å². The summed E-state index contributed by atoms with van der Waals surface area (Å²) in [6, 6.07) is 8.22. The maximum atomic E-state index is 12.1. The molecule has 0 bridgehead atoms. The first kappa shape index (κ1) is 14.1. The van der Waals surface area contributed by atoms with Crippen molar-refractivity contribution in [3.63, 3.8) is 0 Å². The number of pyridine rings is 1. The highest BCUT2D eigenvalue weighted by atomic mass is 35.5. The molecule has 104 valence electrons. The molecule has 0 fully saturated rings. The van der Waals surface area contributed by atoms with Crippen LogP contribution in [0.15, 0.2) is 36.5 Å². The predicted molar refractivity (Wildman–Crippen MR) is 76.7 cm³/mol. The minimum absolute atomic E-state index is 0.314. The van der Waals surface area contributed by atoms with E-state index in [1.54, 1.807) is 36.5 Å². The van der Waals surface area contributed by atoms with Crippen molar-refractivity contribution < 1.29 is 14.3 Å². The van der Waals surface area contributed by atoms with Crippen LogP contribution < -0.4 is 14.8 Å². The highest BCUT2D eigenvalue weighted by Gasteiger charge is 2.12. The number of aromatic nitrogens is 1. The fraction of sp³-hybridized carbons (Fsp3) is 0.143. The maximum Gasteiger partial charge on any atom is 0.256 e. The highest BCUT2D eigenvalue weighted by Crippen LogP contribution is 2.28. The third kappa shape index (κ3) is 3.00. The van der Waals surface area contributed by atoms with E-state index in [9.17, 15) is 4.79 Å². The van der Waals surface area contributed by atoms with Crippen molar-refractivity contribution in [2.45, 2.75) is 0 Å². The number of rotatable bonds is 4. The number of benzene rings is 1. The highest BCUT2D eigenvalue weighted by molar-refractivity contribution is 6.33. The van der Waals surface area contributed by atoms with Crippen molar-refractivity contribution in [2.75, 3.05) is 19.5 Å². The summed E-state index contributed by atoms with van der Waals surface area (Å²) in [5.41, 5.74) is 0.421. The van der Waals surface area contributed by atoms with Crippen LogP contribution in [-0.2, 0) is 0 Å². The number of carbonyl (C=O) groups is 1. The number of hydrogen-bond donors (Lipinski definition) is 1. The van der Waals surface area contributed by atoms with E-state index in [1.807, 2.05) is 0 Å². The zero-order valence-corrected chi connectivity index (χ0v) is 11.8. The second kappa shape index (κ2) is 6.25. The number of hydrogen-bond acceptors (Lipinski definition) is 4. The summed E-state index contributed by atoms with van der Waals surface area (Å²) in [4.78, 5) is 16.1. The number of amides is 1. The van der Waals surface area contributed by atoms with Crippen molar-refractivity contribution in [1.29, 1.82) is 0 Å². The van der Waals surface area contributed by atoms with E-state index in [-0.39, 0.29) is 5.91 Å². The van der Waals surface area contributed by atoms with Crippen LogP contribution in [0.25, 0.3) is 0 Å². The first-order valence-electron chi connectivity index (χ1n) is 5.79. The van der Waals surface area contributed by atoms with Crippen LogP contribution >= 0.6 is 11.6 Å². The van der Waals surface area contributed by atoms with Gasteiger partial charge in [-0.15, -0.1) is 0 Å². The molecule has 20 heavy (non-hydrogen) atoms. The summed E-state index contributed by atoms with van der Waals surface area (Å²) >= 11 is 5.94. The lowest BCUT2D eigenvalue weighted by atomic mass is 10.2. The zero-order chi connectivity index (χ0) is 14.5. The van der Waals surface area contributed by atoms with E-state index in [1.165, 1.54) is 14.2 Å². The van der Waals surface area contributed by atoms with Gasteiger partial charge in [0.25, 0.3) is 5.91 Å². The van der Waals surface area contributed by atoms with E-state index in [0.717, 1.165) is 0 Å². The number of carbonyl (C=O) groups excluding carboxylic acids is 1. The van der Waals surface area contributed by atoms with Gasteiger partial charge in [-0.05, 0) is 30.3 Å². The smallest absolute Gasteiger partial charge is 0.256 e. The Labute approximate surface area is 121 Å². The fourth-order valence-corrected chi connectivity index (χ4v) is 1.80. The van der Waals surface area contributed by atoms with E-state index in [2.05, 4.69) is 10.3 Å². The molecule has 0 saturated heterocycles. The van der Waals surface area contributed by atoms with Gasteiger partial charge < -0.3 is 14.8 Å². The van der Waals surface area contributed by atoms with Gasteiger partial charge in [0.05, 0.1) is 19.2 Å². The van der Waals surface area contributed by atoms with E-state index >= 15 is 0 Å². The van der Waals surface area contributed by atoms with E-state index in [0.29, 0.717) is 27.9 Å². The van der Waals surface area contributed by atoms with Crippen LogP contribution in [0.5, 0.6) is 11.5 Å². The zero-order valence-electron chi connectivity index (χ0n) is 11.0. The minimum Gasteiger partial charge on any atom is -0.493 e. The molecule has 0 atom stereocenters. The van der Waals surface area contributed by atoms with Crippen LogP contribution in [0, 0.1) is 0 Å². The first-order chi connectivity index (χ1) is 9.65. The third-order valence-corrected chi connectivity index (χ3v) is 2.94. The maximum absolute atomic E-state index is 12.1. The molecule has 2 aromatic rings. The van der Waals surface area contributed by atoms with Crippen LogP contribution in [0.2, 0.25) is 5.02 Å². The molecule has 1 heterocycles. The molecule has 1 N–H and O–H groups in total. The molecular formula is C14H13ClN2O3. The van der Waals surface area contributed by atoms with E-state index < -0.39 is 0 Å². The second-order valence-corrected chi connectivity index (χ2v) is 4.26. The average Bonchev–Trinajstić information content (AvgIpc) is 2.48. The molecule has 1 aromatic heterocycles. The Hall–Kier alpha value is -2.27. The Morgan fingerprint density at radius 2 is 1.95 bits per heavy atom. The van der Waals surface area contributed by atoms with E-state index in [4.69, 9.17) is 21.1 Å². The fourth-order valence-electron chi connectivity index (χ4n) is 1.63.